The molecule has 0 aromatic carbocycles. The number of anilines is 2. The molecule has 4 aromatic heterocycles. The summed E-state index contributed by atoms with van der Waals surface area (Å²) in [5.74, 6) is 0.790. The van der Waals surface area contributed by atoms with Crippen LogP contribution in [0.3, 0.4) is 0 Å². The third-order valence-corrected chi connectivity index (χ3v) is 4.18. The molecule has 164 valence electrons. The fourth-order valence-corrected chi connectivity index (χ4v) is 2.51. The van der Waals surface area contributed by atoms with E-state index in [0.29, 0.717) is 17.3 Å². The minimum atomic E-state index is -0.695. The van der Waals surface area contributed by atoms with Gasteiger partial charge in [0.15, 0.2) is 5.82 Å². The molecule has 12 nitrogen and oxygen atoms in total. The average molecular weight is 435 g/mol. The molecule has 0 saturated heterocycles. The van der Waals surface area contributed by atoms with Gasteiger partial charge in [0, 0.05) is 0 Å². The Balaban J connectivity index is 0.000000182. The summed E-state index contributed by atoms with van der Waals surface area (Å²) >= 11 is 0. The van der Waals surface area contributed by atoms with E-state index in [1.165, 1.54) is 34.2 Å². The number of hydrogen-bond donors (Lipinski definition) is 3. The number of nitrogens with two attached hydrogens (primary N) is 2. The SMILES string of the molecule is CC(O)c1cccc(-n2cncc(N)c2=O)n1.Cc1ccc(-n2cncc(N)c2=O)nn1. The molecule has 0 aliphatic carbocycles. The Kier molecular flexibility index (Phi) is 6.65. The van der Waals surface area contributed by atoms with E-state index in [1.807, 2.05) is 6.92 Å². The molecule has 1 atom stereocenters. The first-order valence-electron chi connectivity index (χ1n) is 9.38. The van der Waals surface area contributed by atoms with Crippen LogP contribution in [0.5, 0.6) is 0 Å². The van der Waals surface area contributed by atoms with Gasteiger partial charge in [0.25, 0.3) is 11.1 Å². The van der Waals surface area contributed by atoms with E-state index >= 15 is 0 Å². The lowest BCUT2D eigenvalue weighted by Crippen LogP contribution is -2.22. The van der Waals surface area contributed by atoms with Crippen molar-refractivity contribution in [3.63, 3.8) is 0 Å². The van der Waals surface area contributed by atoms with Crippen LogP contribution >= 0.6 is 0 Å². The Morgan fingerprint density at radius 1 is 0.875 bits per heavy atom. The monoisotopic (exact) mass is 435 g/mol. The minimum Gasteiger partial charge on any atom is -0.393 e. The molecular formula is C20H21N9O3. The number of pyridine rings is 1. The molecule has 12 heteroatoms. The van der Waals surface area contributed by atoms with Crippen LogP contribution in [-0.4, -0.2) is 39.4 Å². The summed E-state index contributed by atoms with van der Waals surface area (Å²) < 4.78 is 2.49. The van der Waals surface area contributed by atoms with Gasteiger partial charge in [-0.15, -0.1) is 5.10 Å². The van der Waals surface area contributed by atoms with Gasteiger partial charge in [-0.3, -0.25) is 9.59 Å². The van der Waals surface area contributed by atoms with Crippen molar-refractivity contribution in [2.45, 2.75) is 20.0 Å². The average Bonchev–Trinajstić information content (AvgIpc) is 2.79. The van der Waals surface area contributed by atoms with Crippen molar-refractivity contribution in [1.82, 2.24) is 34.3 Å². The molecule has 4 heterocycles. The van der Waals surface area contributed by atoms with E-state index in [1.54, 1.807) is 37.3 Å². The normalized spacial score (nSPS) is 11.3. The summed E-state index contributed by atoms with van der Waals surface area (Å²) in [7, 11) is 0. The van der Waals surface area contributed by atoms with Crippen molar-refractivity contribution in [3.05, 3.63) is 87.5 Å². The van der Waals surface area contributed by atoms with Crippen molar-refractivity contribution < 1.29 is 5.11 Å². The zero-order chi connectivity index (χ0) is 23.3. The van der Waals surface area contributed by atoms with Gasteiger partial charge in [-0.05, 0) is 38.1 Å². The highest BCUT2D eigenvalue weighted by Gasteiger charge is 2.07. The first-order valence-corrected chi connectivity index (χ1v) is 9.38. The predicted octanol–water partition coefficient (Wildman–Crippen LogP) is 0.176. The number of aryl methyl sites for hydroxylation is 1. The maximum absolute atomic E-state index is 11.7. The summed E-state index contributed by atoms with van der Waals surface area (Å²) in [6.45, 7) is 3.42. The second kappa shape index (κ2) is 9.57. The van der Waals surface area contributed by atoms with Gasteiger partial charge in [-0.1, -0.05) is 6.07 Å². The van der Waals surface area contributed by atoms with Crippen molar-refractivity contribution in [2.75, 3.05) is 11.5 Å². The first kappa shape index (κ1) is 22.2. The van der Waals surface area contributed by atoms with Crippen LogP contribution in [-0.2, 0) is 0 Å². The molecule has 0 amide bonds. The van der Waals surface area contributed by atoms with Gasteiger partial charge in [-0.2, -0.15) is 5.10 Å². The number of aromatic nitrogens is 7. The summed E-state index contributed by atoms with van der Waals surface area (Å²) in [5.41, 5.74) is 11.6. The first-order chi connectivity index (χ1) is 15.3. The Morgan fingerprint density at radius 3 is 2.00 bits per heavy atom. The number of nitrogen functional groups attached to an aromatic ring is 2. The molecule has 0 saturated carbocycles. The van der Waals surface area contributed by atoms with Crippen LogP contribution in [0.4, 0.5) is 11.4 Å². The van der Waals surface area contributed by atoms with Gasteiger partial charge < -0.3 is 16.6 Å². The summed E-state index contributed by atoms with van der Waals surface area (Å²) in [6.07, 6.45) is 4.60. The van der Waals surface area contributed by atoms with Gasteiger partial charge in [-0.25, -0.2) is 24.1 Å². The molecule has 32 heavy (non-hydrogen) atoms. The molecule has 0 aliphatic rings. The maximum Gasteiger partial charge on any atom is 0.282 e. The lowest BCUT2D eigenvalue weighted by molar-refractivity contribution is 0.194. The van der Waals surface area contributed by atoms with Crippen LogP contribution in [0.1, 0.15) is 24.4 Å². The summed E-state index contributed by atoms with van der Waals surface area (Å²) in [5, 5.41) is 17.1. The van der Waals surface area contributed by atoms with Gasteiger partial charge in [0.05, 0.1) is 29.9 Å². The molecule has 4 aromatic rings. The summed E-state index contributed by atoms with van der Waals surface area (Å²) in [6, 6.07) is 8.48. The lowest BCUT2D eigenvalue weighted by Gasteiger charge is -2.08. The quantitative estimate of drug-likeness (QED) is 0.401. The zero-order valence-electron chi connectivity index (χ0n) is 17.3. The molecule has 4 rings (SSSR count). The van der Waals surface area contributed by atoms with Crippen LogP contribution in [0.15, 0.2) is 65.0 Å². The molecule has 1 unspecified atom stereocenters. The Morgan fingerprint density at radius 2 is 1.47 bits per heavy atom. The van der Waals surface area contributed by atoms with E-state index < -0.39 is 6.10 Å². The van der Waals surface area contributed by atoms with Crippen molar-refractivity contribution in [3.8, 4) is 11.6 Å². The minimum absolute atomic E-state index is 0.0525. The van der Waals surface area contributed by atoms with E-state index in [0.717, 1.165) is 5.69 Å². The highest BCUT2D eigenvalue weighted by atomic mass is 16.3. The zero-order valence-corrected chi connectivity index (χ0v) is 17.3. The standard InChI is InChI=1S/C11H12N4O2.C9H9N5O/c1-7(16)9-3-2-4-10(14-9)15-6-13-5-8(12)11(15)17;1-6-2-3-8(13-12-6)14-5-11-4-7(10)9(14)15/h2-7,16H,12H2,1H3;2-5H,10H2,1H3. The number of nitrogens with zero attached hydrogens (tertiary/aromatic N) is 7. The third-order valence-electron chi connectivity index (χ3n) is 4.18. The van der Waals surface area contributed by atoms with E-state index in [-0.39, 0.29) is 22.5 Å². The summed E-state index contributed by atoms with van der Waals surface area (Å²) in [4.78, 5) is 35.1. The Hall–Kier alpha value is -4.45. The van der Waals surface area contributed by atoms with Crippen molar-refractivity contribution >= 4 is 11.4 Å². The van der Waals surface area contributed by atoms with E-state index in [2.05, 4.69) is 25.1 Å². The third kappa shape index (κ3) is 4.99. The molecule has 0 aliphatic heterocycles. The number of aliphatic hydroxyl groups excluding tert-OH is 1. The largest absolute Gasteiger partial charge is 0.393 e. The molecule has 0 spiro atoms. The maximum atomic E-state index is 11.7. The highest BCUT2D eigenvalue weighted by Crippen LogP contribution is 2.11. The Labute approximate surface area is 181 Å². The Bertz CT molecular complexity index is 1330. The van der Waals surface area contributed by atoms with Crippen LogP contribution in [0, 0.1) is 6.92 Å². The second-order valence-electron chi connectivity index (χ2n) is 6.68. The molecule has 0 radical (unpaired) electrons. The van der Waals surface area contributed by atoms with Crippen molar-refractivity contribution in [2.24, 2.45) is 0 Å². The molecule has 0 fully saturated rings. The molecule has 0 bridgehead atoms. The van der Waals surface area contributed by atoms with Gasteiger partial charge in [0.2, 0.25) is 0 Å². The van der Waals surface area contributed by atoms with Crippen LogP contribution in [0.25, 0.3) is 11.6 Å². The topological polar surface area (TPSA) is 181 Å². The van der Waals surface area contributed by atoms with Crippen molar-refractivity contribution in [1.29, 1.82) is 0 Å². The predicted molar refractivity (Wildman–Crippen MR) is 117 cm³/mol. The molecular weight excluding hydrogens is 414 g/mol. The number of rotatable bonds is 3. The number of aliphatic hydroxyl groups is 1. The van der Waals surface area contributed by atoms with E-state index in [4.69, 9.17) is 11.5 Å². The lowest BCUT2D eigenvalue weighted by atomic mass is 10.2. The van der Waals surface area contributed by atoms with Gasteiger partial charge in [0.1, 0.15) is 29.8 Å². The number of hydrogen-bond acceptors (Lipinski definition) is 10. The fourth-order valence-electron chi connectivity index (χ4n) is 2.51. The van der Waals surface area contributed by atoms with Crippen LogP contribution < -0.4 is 22.6 Å². The second-order valence-corrected chi connectivity index (χ2v) is 6.68. The smallest absolute Gasteiger partial charge is 0.282 e. The highest BCUT2D eigenvalue weighted by molar-refractivity contribution is 5.35. The van der Waals surface area contributed by atoms with Crippen LogP contribution in [0.2, 0.25) is 0 Å². The fraction of sp³-hybridized carbons (Fsp3) is 0.150. The van der Waals surface area contributed by atoms with E-state index in [9.17, 15) is 14.7 Å². The molecule has 5 N–H and O–H groups in total. The van der Waals surface area contributed by atoms with Gasteiger partial charge >= 0.3 is 0 Å².